The molecule has 7 heteroatoms. The van der Waals surface area contributed by atoms with Crippen LogP contribution in [0.15, 0.2) is 36.4 Å². The lowest BCUT2D eigenvalue weighted by atomic mass is 10.2. The molecular formula is C13H8FN3O2S. The van der Waals surface area contributed by atoms with Crippen LogP contribution in [0.2, 0.25) is 0 Å². The molecule has 20 heavy (non-hydrogen) atoms. The third-order valence-corrected chi connectivity index (χ3v) is 3.89. The maximum absolute atomic E-state index is 13.1. The first-order chi connectivity index (χ1) is 9.54. The Morgan fingerprint density at radius 2 is 2.05 bits per heavy atom. The van der Waals surface area contributed by atoms with Gasteiger partial charge in [-0.2, -0.15) is 0 Å². The average molecular weight is 289 g/mol. The lowest BCUT2D eigenvalue weighted by molar-refractivity contribution is -0.383. The quantitative estimate of drug-likeness (QED) is 0.444. The predicted octanol–water partition coefficient (Wildman–Crippen LogP) is 3.59. The van der Waals surface area contributed by atoms with E-state index in [1.807, 2.05) is 0 Å². The maximum Gasteiger partial charge on any atom is 0.292 e. The molecule has 0 unspecified atom stereocenters. The number of nitro benzene ring substituents is 1. The summed E-state index contributed by atoms with van der Waals surface area (Å²) in [5, 5.41) is 11.5. The van der Waals surface area contributed by atoms with Gasteiger partial charge in [0, 0.05) is 11.6 Å². The highest BCUT2D eigenvalue weighted by atomic mass is 32.1. The summed E-state index contributed by atoms with van der Waals surface area (Å²) in [4.78, 5) is 14.7. The second-order valence-electron chi connectivity index (χ2n) is 4.16. The van der Waals surface area contributed by atoms with Crippen LogP contribution in [0.25, 0.3) is 20.8 Å². The first-order valence-electron chi connectivity index (χ1n) is 5.65. The number of hydrogen-bond acceptors (Lipinski definition) is 5. The van der Waals surface area contributed by atoms with Crippen LogP contribution in [0, 0.1) is 15.9 Å². The van der Waals surface area contributed by atoms with E-state index in [1.54, 1.807) is 12.1 Å². The van der Waals surface area contributed by atoms with Gasteiger partial charge in [0.25, 0.3) is 5.69 Å². The standard InChI is InChI=1S/C13H8FN3O2S/c14-8-2-4-10-12(6-8)20-13(16-10)7-1-3-9(15)11(5-7)17(18)19/h1-6H,15H2. The number of halogens is 1. The highest BCUT2D eigenvalue weighted by Crippen LogP contribution is 2.34. The zero-order valence-corrected chi connectivity index (χ0v) is 10.9. The van der Waals surface area contributed by atoms with Gasteiger partial charge in [0.15, 0.2) is 0 Å². The van der Waals surface area contributed by atoms with Crippen molar-refractivity contribution < 1.29 is 9.31 Å². The zero-order valence-electron chi connectivity index (χ0n) is 10.0. The fourth-order valence-electron chi connectivity index (χ4n) is 1.86. The highest BCUT2D eigenvalue weighted by molar-refractivity contribution is 7.21. The lowest BCUT2D eigenvalue weighted by Crippen LogP contribution is -1.95. The highest BCUT2D eigenvalue weighted by Gasteiger charge is 2.15. The number of nitrogen functional groups attached to an aromatic ring is 1. The third-order valence-electron chi connectivity index (χ3n) is 2.82. The van der Waals surface area contributed by atoms with Crippen LogP contribution in [-0.4, -0.2) is 9.91 Å². The first-order valence-corrected chi connectivity index (χ1v) is 6.46. The van der Waals surface area contributed by atoms with Crippen molar-refractivity contribution in [2.75, 3.05) is 5.73 Å². The molecule has 3 aromatic rings. The van der Waals surface area contributed by atoms with Gasteiger partial charge in [-0.15, -0.1) is 11.3 Å². The molecule has 0 amide bonds. The summed E-state index contributed by atoms with van der Waals surface area (Å²) < 4.78 is 13.8. The Bertz CT molecular complexity index is 832. The number of nitrogens with two attached hydrogens (primary N) is 1. The number of hydrogen-bond donors (Lipinski definition) is 1. The van der Waals surface area contributed by atoms with Crippen LogP contribution in [0.4, 0.5) is 15.8 Å². The Morgan fingerprint density at radius 1 is 1.25 bits per heavy atom. The second-order valence-corrected chi connectivity index (χ2v) is 5.19. The van der Waals surface area contributed by atoms with Crippen molar-refractivity contribution in [1.29, 1.82) is 0 Å². The van der Waals surface area contributed by atoms with Crippen LogP contribution in [0.1, 0.15) is 0 Å². The van der Waals surface area contributed by atoms with Gasteiger partial charge in [-0.1, -0.05) is 0 Å². The number of aromatic nitrogens is 1. The van der Waals surface area contributed by atoms with Gasteiger partial charge in [-0.3, -0.25) is 10.1 Å². The van der Waals surface area contributed by atoms with E-state index >= 15 is 0 Å². The van der Waals surface area contributed by atoms with E-state index in [4.69, 9.17) is 5.73 Å². The molecule has 0 radical (unpaired) electrons. The van der Waals surface area contributed by atoms with E-state index in [0.29, 0.717) is 20.8 Å². The van der Waals surface area contributed by atoms with Crippen LogP contribution in [0.5, 0.6) is 0 Å². The molecular weight excluding hydrogens is 281 g/mol. The van der Waals surface area contributed by atoms with Gasteiger partial charge < -0.3 is 5.73 Å². The van der Waals surface area contributed by atoms with Crippen LogP contribution in [-0.2, 0) is 0 Å². The molecule has 1 heterocycles. The fourth-order valence-corrected chi connectivity index (χ4v) is 2.84. The number of benzene rings is 2. The van der Waals surface area contributed by atoms with Gasteiger partial charge >= 0.3 is 0 Å². The SMILES string of the molecule is Nc1ccc(-c2nc3ccc(F)cc3s2)cc1[N+](=O)[O-]. The summed E-state index contributed by atoms with van der Waals surface area (Å²) in [5.74, 6) is -0.337. The maximum atomic E-state index is 13.1. The molecule has 0 atom stereocenters. The number of anilines is 1. The number of nitrogens with zero attached hydrogens (tertiary/aromatic N) is 2. The van der Waals surface area contributed by atoms with Crippen LogP contribution < -0.4 is 5.73 Å². The Kier molecular flexibility index (Phi) is 2.83. The number of thiazole rings is 1. The minimum Gasteiger partial charge on any atom is -0.393 e. The summed E-state index contributed by atoms with van der Waals surface area (Å²) in [6.45, 7) is 0. The van der Waals surface area contributed by atoms with Crippen molar-refractivity contribution >= 4 is 32.9 Å². The molecule has 5 nitrogen and oxygen atoms in total. The monoisotopic (exact) mass is 289 g/mol. The van der Waals surface area contributed by atoms with Gasteiger partial charge in [-0.05, 0) is 30.3 Å². The van der Waals surface area contributed by atoms with E-state index in [0.717, 1.165) is 0 Å². The topological polar surface area (TPSA) is 82.0 Å². The van der Waals surface area contributed by atoms with Gasteiger partial charge in [0.2, 0.25) is 0 Å². The lowest BCUT2D eigenvalue weighted by Gasteiger charge is -1.99. The summed E-state index contributed by atoms with van der Waals surface area (Å²) in [6.07, 6.45) is 0. The van der Waals surface area contributed by atoms with Crippen LogP contribution >= 0.6 is 11.3 Å². The number of fused-ring (bicyclic) bond motifs is 1. The van der Waals surface area contributed by atoms with Gasteiger partial charge in [0.05, 0.1) is 15.1 Å². The fraction of sp³-hybridized carbons (Fsp3) is 0. The summed E-state index contributed by atoms with van der Waals surface area (Å²) >= 11 is 1.28. The first kappa shape index (κ1) is 12.5. The number of nitro groups is 1. The second kappa shape index (κ2) is 4.53. The van der Waals surface area contributed by atoms with Crippen molar-refractivity contribution in [1.82, 2.24) is 4.98 Å². The van der Waals surface area contributed by atoms with Crippen molar-refractivity contribution in [3.05, 3.63) is 52.3 Å². The molecule has 3 rings (SSSR count). The summed E-state index contributed by atoms with van der Waals surface area (Å²) in [5.41, 5.74) is 6.75. The van der Waals surface area contributed by atoms with Gasteiger partial charge in [-0.25, -0.2) is 9.37 Å². The molecule has 0 aliphatic heterocycles. The largest absolute Gasteiger partial charge is 0.393 e. The Morgan fingerprint density at radius 3 is 2.80 bits per heavy atom. The number of rotatable bonds is 2. The predicted molar refractivity (Wildman–Crippen MR) is 76.1 cm³/mol. The van der Waals surface area contributed by atoms with E-state index in [2.05, 4.69) is 4.98 Å². The normalized spacial score (nSPS) is 10.8. The Balaban J connectivity index is 2.15. The van der Waals surface area contributed by atoms with Crippen molar-refractivity contribution in [3.8, 4) is 10.6 Å². The van der Waals surface area contributed by atoms with Crippen molar-refractivity contribution in [3.63, 3.8) is 0 Å². The van der Waals surface area contributed by atoms with Crippen LogP contribution in [0.3, 0.4) is 0 Å². The molecule has 0 fully saturated rings. The van der Waals surface area contributed by atoms with Crippen molar-refractivity contribution in [2.24, 2.45) is 0 Å². The Labute approximate surface area is 116 Å². The smallest absolute Gasteiger partial charge is 0.292 e. The zero-order chi connectivity index (χ0) is 14.3. The molecule has 1 aromatic heterocycles. The van der Waals surface area contributed by atoms with E-state index in [-0.39, 0.29) is 17.2 Å². The summed E-state index contributed by atoms with van der Waals surface area (Å²) in [7, 11) is 0. The van der Waals surface area contributed by atoms with E-state index < -0.39 is 4.92 Å². The van der Waals surface area contributed by atoms with Crippen molar-refractivity contribution in [2.45, 2.75) is 0 Å². The Hall–Kier alpha value is -2.54. The molecule has 0 aliphatic carbocycles. The summed E-state index contributed by atoms with van der Waals surface area (Å²) in [6, 6.07) is 8.82. The minimum atomic E-state index is -0.536. The molecule has 0 aliphatic rings. The molecule has 0 spiro atoms. The third kappa shape index (κ3) is 2.08. The molecule has 2 N–H and O–H groups in total. The molecule has 2 aromatic carbocycles. The molecule has 100 valence electrons. The van der Waals surface area contributed by atoms with Gasteiger partial charge in [0.1, 0.15) is 16.5 Å². The molecule has 0 bridgehead atoms. The molecule has 0 saturated heterocycles. The van der Waals surface area contributed by atoms with E-state index in [1.165, 1.54) is 35.6 Å². The van der Waals surface area contributed by atoms with E-state index in [9.17, 15) is 14.5 Å². The molecule has 0 saturated carbocycles. The minimum absolute atomic E-state index is 0.103. The average Bonchev–Trinajstić information content (AvgIpc) is 2.81.